The van der Waals surface area contributed by atoms with Crippen molar-refractivity contribution in [1.82, 2.24) is 0 Å². The number of benzene rings is 1. The van der Waals surface area contributed by atoms with Gasteiger partial charge in [-0.15, -0.1) is 12.4 Å². The molecule has 0 spiro atoms. The van der Waals surface area contributed by atoms with Gasteiger partial charge in [-0.25, -0.2) is 0 Å². The number of aliphatic carboxylic acids is 1. The predicted octanol–water partition coefficient (Wildman–Crippen LogP) is 2.22. The first kappa shape index (κ1) is 20.1. The summed E-state index contributed by atoms with van der Waals surface area (Å²) in [6, 6.07) is 5.74. The fourth-order valence-electron chi connectivity index (χ4n) is 1.79. The molecule has 0 saturated carbocycles. The van der Waals surface area contributed by atoms with E-state index in [9.17, 15) is 14.4 Å². The normalized spacial score (nSPS) is 11.2. The second kappa shape index (κ2) is 9.92. The number of Topliss-reactive ketones (excluding diaryl/α,β-unsaturated/α-hetero) is 1. The number of ketones is 1. The van der Waals surface area contributed by atoms with Gasteiger partial charge in [0.1, 0.15) is 0 Å². The average molecular weight is 329 g/mol. The average Bonchev–Trinajstić information content (AvgIpc) is 2.45. The number of amides is 1. The van der Waals surface area contributed by atoms with Gasteiger partial charge in [-0.2, -0.15) is 0 Å². The van der Waals surface area contributed by atoms with Crippen molar-refractivity contribution in [2.75, 3.05) is 5.32 Å². The van der Waals surface area contributed by atoms with E-state index in [1.54, 1.807) is 24.3 Å². The van der Waals surface area contributed by atoms with Crippen molar-refractivity contribution in [1.29, 1.82) is 0 Å². The summed E-state index contributed by atoms with van der Waals surface area (Å²) in [5.41, 5.74) is 6.63. The number of rotatable bonds is 8. The summed E-state index contributed by atoms with van der Waals surface area (Å²) in [5, 5.41) is 11.2. The van der Waals surface area contributed by atoms with Crippen LogP contribution in [0, 0.1) is 0 Å². The highest BCUT2D eigenvalue weighted by molar-refractivity contribution is 5.99. The van der Waals surface area contributed by atoms with Crippen molar-refractivity contribution in [3.8, 4) is 0 Å². The molecule has 122 valence electrons. The summed E-state index contributed by atoms with van der Waals surface area (Å²) in [6.45, 7) is 1.92. The van der Waals surface area contributed by atoms with Gasteiger partial charge in [-0.3, -0.25) is 14.4 Å². The van der Waals surface area contributed by atoms with Crippen LogP contribution in [0.4, 0.5) is 5.69 Å². The number of hydrogen-bond acceptors (Lipinski definition) is 4. The van der Waals surface area contributed by atoms with Crippen molar-refractivity contribution < 1.29 is 19.5 Å². The van der Waals surface area contributed by atoms with Gasteiger partial charge in [0.25, 0.3) is 0 Å². The lowest BCUT2D eigenvalue weighted by atomic mass is 10.1. The number of hydrogen-bond donors (Lipinski definition) is 3. The Bertz CT molecular complexity index is 534. The standard InChI is InChI=1S/C15H20N2O4.ClH/c1-2-4-13(18)10-5-3-6-11(9-10)17-15(21)12(16)7-8-14(19)20;/h3,5-6,9,12H,2,4,7-8,16H2,1H3,(H,17,21)(H,19,20);1H/t12-;/m0./s1. The molecule has 6 nitrogen and oxygen atoms in total. The molecular formula is C15H21ClN2O4. The SMILES string of the molecule is CCCC(=O)c1cccc(NC(=O)[C@@H](N)CCC(=O)O)c1.Cl. The van der Waals surface area contributed by atoms with Crippen LogP contribution in [-0.2, 0) is 9.59 Å². The molecule has 0 radical (unpaired) electrons. The molecule has 0 bridgehead atoms. The minimum Gasteiger partial charge on any atom is -0.481 e. The fraction of sp³-hybridized carbons (Fsp3) is 0.400. The Labute approximate surface area is 135 Å². The molecule has 7 heteroatoms. The molecule has 1 rings (SSSR count). The summed E-state index contributed by atoms with van der Waals surface area (Å²) in [5.74, 6) is -1.44. The molecule has 0 aliphatic rings. The second-order valence-electron chi connectivity index (χ2n) is 4.78. The lowest BCUT2D eigenvalue weighted by Crippen LogP contribution is -2.36. The monoisotopic (exact) mass is 328 g/mol. The van der Waals surface area contributed by atoms with Crippen LogP contribution in [-0.4, -0.2) is 28.8 Å². The molecule has 0 fully saturated rings. The molecule has 0 aliphatic heterocycles. The number of nitrogens with two attached hydrogens (primary N) is 1. The van der Waals surface area contributed by atoms with Crippen molar-refractivity contribution >= 4 is 35.8 Å². The van der Waals surface area contributed by atoms with E-state index in [1.807, 2.05) is 6.92 Å². The van der Waals surface area contributed by atoms with Crippen LogP contribution in [0.15, 0.2) is 24.3 Å². The van der Waals surface area contributed by atoms with Gasteiger partial charge >= 0.3 is 5.97 Å². The zero-order chi connectivity index (χ0) is 15.8. The quantitative estimate of drug-likeness (QED) is 0.634. The van der Waals surface area contributed by atoms with Gasteiger partial charge in [-0.1, -0.05) is 19.1 Å². The highest BCUT2D eigenvalue weighted by Gasteiger charge is 2.15. The zero-order valence-electron chi connectivity index (χ0n) is 12.4. The van der Waals surface area contributed by atoms with E-state index in [0.717, 1.165) is 6.42 Å². The maximum absolute atomic E-state index is 11.8. The number of nitrogens with one attached hydrogen (secondary N) is 1. The van der Waals surface area contributed by atoms with Gasteiger partial charge in [0, 0.05) is 24.1 Å². The molecule has 0 aliphatic carbocycles. The van der Waals surface area contributed by atoms with Gasteiger partial charge < -0.3 is 16.2 Å². The van der Waals surface area contributed by atoms with Crippen LogP contribution >= 0.6 is 12.4 Å². The van der Waals surface area contributed by atoms with Crippen LogP contribution in [0.5, 0.6) is 0 Å². The van der Waals surface area contributed by atoms with Gasteiger partial charge in [0.2, 0.25) is 5.91 Å². The highest BCUT2D eigenvalue weighted by Crippen LogP contribution is 2.13. The third-order valence-corrected chi connectivity index (χ3v) is 2.94. The lowest BCUT2D eigenvalue weighted by Gasteiger charge is -2.12. The topological polar surface area (TPSA) is 109 Å². The lowest BCUT2D eigenvalue weighted by molar-refractivity contribution is -0.137. The number of halogens is 1. The molecule has 0 heterocycles. The fourth-order valence-corrected chi connectivity index (χ4v) is 1.79. The molecule has 0 saturated heterocycles. The van der Waals surface area contributed by atoms with Gasteiger partial charge in [0.05, 0.1) is 6.04 Å². The number of anilines is 1. The van der Waals surface area contributed by atoms with Crippen molar-refractivity contribution in [3.05, 3.63) is 29.8 Å². The van der Waals surface area contributed by atoms with E-state index in [1.165, 1.54) is 0 Å². The Hall–Kier alpha value is -1.92. The summed E-state index contributed by atoms with van der Waals surface area (Å²) in [7, 11) is 0. The van der Waals surface area contributed by atoms with Crippen molar-refractivity contribution in [2.24, 2.45) is 5.73 Å². The van der Waals surface area contributed by atoms with Crippen LogP contribution in [0.25, 0.3) is 0 Å². The largest absolute Gasteiger partial charge is 0.481 e. The third kappa shape index (κ3) is 6.69. The summed E-state index contributed by atoms with van der Waals surface area (Å²) in [6.07, 6.45) is 1.12. The number of carbonyl (C=O) groups excluding carboxylic acids is 2. The third-order valence-electron chi connectivity index (χ3n) is 2.94. The Morgan fingerprint density at radius 3 is 2.55 bits per heavy atom. The molecule has 1 atom stereocenters. The molecule has 1 aromatic rings. The molecule has 1 aromatic carbocycles. The number of carboxylic acids is 1. The van der Waals surface area contributed by atoms with E-state index in [-0.39, 0.29) is 31.0 Å². The predicted molar refractivity (Wildman–Crippen MR) is 86.4 cm³/mol. The van der Waals surface area contributed by atoms with E-state index in [4.69, 9.17) is 10.8 Å². The molecule has 4 N–H and O–H groups in total. The Kier molecular flexibility index (Phi) is 9.05. The summed E-state index contributed by atoms with van der Waals surface area (Å²) >= 11 is 0. The van der Waals surface area contributed by atoms with Gasteiger partial charge in [0.15, 0.2) is 5.78 Å². The maximum Gasteiger partial charge on any atom is 0.303 e. The van der Waals surface area contributed by atoms with E-state index < -0.39 is 17.9 Å². The first-order valence-corrected chi connectivity index (χ1v) is 6.85. The summed E-state index contributed by atoms with van der Waals surface area (Å²) in [4.78, 5) is 34.1. The second-order valence-corrected chi connectivity index (χ2v) is 4.78. The van der Waals surface area contributed by atoms with Gasteiger partial charge in [-0.05, 0) is 25.0 Å². The van der Waals surface area contributed by atoms with Crippen molar-refractivity contribution in [2.45, 2.75) is 38.6 Å². The van der Waals surface area contributed by atoms with Crippen molar-refractivity contribution in [3.63, 3.8) is 0 Å². The molecule has 0 aromatic heterocycles. The first-order chi connectivity index (χ1) is 9.93. The molecule has 22 heavy (non-hydrogen) atoms. The van der Waals surface area contributed by atoms with E-state index in [0.29, 0.717) is 17.7 Å². The Morgan fingerprint density at radius 2 is 1.95 bits per heavy atom. The zero-order valence-corrected chi connectivity index (χ0v) is 13.2. The minimum atomic E-state index is -0.995. The Balaban J connectivity index is 0.00000441. The van der Waals surface area contributed by atoms with Crippen LogP contribution in [0.2, 0.25) is 0 Å². The molecule has 1 amide bonds. The Morgan fingerprint density at radius 1 is 1.27 bits per heavy atom. The van der Waals surface area contributed by atoms with Crippen LogP contribution < -0.4 is 11.1 Å². The van der Waals surface area contributed by atoms with Crippen LogP contribution in [0.3, 0.4) is 0 Å². The number of carboxylic acid groups (broad SMARTS) is 1. The summed E-state index contributed by atoms with van der Waals surface area (Å²) < 4.78 is 0. The van der Waals surface area contributed by atoms with E-state index >= 15 is 0 Å². The molecular weight excluding hydrogens is 308 g/mol. The maximum atomic E-state index is 11.8. The molecule has 0 unspecified atom stereocenters. The van der Waals surface area contributed by atoms with E-state index in [2.05, 4.69) is 5.32 Å². The smallest absolute Gasteiger partial charge is 0.303 e. The van der Waals surface area contributed by atoms with Crippen LogP contribution in [0.1, 0.15) is 43.0 Å². The number of carbonyl (C=O) groups is 3. The minimum absolute atomic E-state index is 0. The highest BCUT2D eigenvalue weighted by atomic mass is 35.5. The first-order valence-electron chi connectivity index (χ1n) is 6.85.